The van der Waals surface area contributed by atoms with Crippen LogP contribution >= 0.6 is 11.8 Å². The molecule has 0 aliphatic carbocycles. The normalized spacial score (nSPS) is 18.1. The Balaban J connectivity index is 2.05. The van der Waals surface area contributed by atoms with E-state index in [1.54, 1.807) is 34.5 Å². The summed E-state index contributed by atoms with van der Waals surface area (Å²) in [5.41, 5.74) is 2.74. The second kappa shape index (κ2) is 6.43. The number of carbonyl (C=O) groups excluding carboxylic acids is 1. The molecule has 1 saturated heterocycles. The van der Waals surface area contributed by atoms with Crippen molar-refractivity contribution in [3.05, 3.63) is 23.0 Å². The van der Waals surface area contributed by atoms with Crippen LogP contribution < -0.4 is 0 Å². The molecule has 0 spiro atoms. The van der Waals surface area contributed by atoms with E-state index in [2.05, 4.69) is 10.1 Å². The van der Waals surface area contributed by atoms with Gasteiger partial charge in [-0.25, -0.2) is 4.98 Å². The van der Waals surface area contributed by atoms with Crippen molar-refractivity contribution in [3.8, 4) is 0 Å². The lowest BCUT2D eigenvalue weighted by Gasteiger charge is -2.34. The average molecular weight is 348 g/mol. The maximum Gasteiger partial charge on any atom is 0.305 e. The van der Waals surface area contributed by atoms with E-state index in [1.807, 2.05) is 13.8 Å². The maximum absolute atomic E-state index is 13.2. The first kappa shape index (κ1) is 16.8. The van der Waals surface area contributed by atoms with Gasteiger partial charge in [0.25, 0.3) is 5.91 Å². The number of carboxylic acids is 1. The summed E-state index contributed by atoms with van der Waals surface area (Å²) < 4.78 is 1.68. The number of aryl methyl sites for hydroxylation is 3. The van der Waals surface area contributed by atoms with Crippen LogP contribution in [-0.4, -0.2) is 60.7 Å². The Morgan fingerprint density at radius 1 is 1.42 bits per heavy atom. The van der Waals surface area contributed by atoms with E-state index in [0.29, 0.717) is 23.5 Å². The Morgan fingerprint density at radius 2 is 2.17 bits per heavy atom. The minimum absolute atomic E-state index is 0.0298. The highest BCUT2D eigenvalue weighted by Crippen LogP contribution is 2.26. The summed E-state index contributed by atoms with van der Waals surface area (Å²) >= 11 is 1.69. The predicted octanol–water partition coefficient (Wildman–Crippen LogP) is 1.62. The highest BCUT2D eigenvalue weighted by Gasteiger charge is 2.31. The van der Waals surface area contributed by atoms with Crippen LogP contribution in [0.25, 0.3) is 11.0 Å². The second-order valence-electron chi connectivity index (χ2n) is 6.04. The molecule has 24 heavy (non-hydrogen) atoms. The number of aromatic nitrogens is 3. The van der Waals surface area contributed by atoms with E-state index in [-0.39, 0.29) is 18.4 Å². The van der Waals surface area contributed by atoms with Gasteiger partial charge in [0.15, 0.2) is 5.65 Å². The van der Waals surface area contributed by atoms with Gasteiger partial charge in [-0.2, -0.15) is 16.9 Å². The highest BCUT2D eigenvalue weighted by molar-refractivity contribution is 7.99. The van der Waals surface area contributed by atoms with E-state index in [1.165, 1.54) is 0 Å². The van der Waals surface area contributed by atoms with Gasteiger partial charge in [-0.1, -0.05) is 0 Å². The number of aliphatic carboxylic acids is 1. The highest BCUT2D eigenvalue weighted by atomic mass is 32.2. The Hall–Kier alpha value is -2.09. The number of carbonyl (C=O) groups is 2. The first-order valence-electron chi connectivity index (χ1n) is 7.80. The summed E-state index contributed by atoms with van der Waals surface area (Å²) in [6, 6.07) is 1.49. The molecule has 0 bridgehead atoms. The van der Waals surface area contributed by atoms with E-state index in [4.69, 9.17) is 5.11 Å². The maximum atomic E-state index is 13.2. The van der Waals surface area contributed by atoms with Crippen molar-refractivity contribution in [1.82, 2.24) is 19.7 Å². The van der Waals surface area contributed by atoms with Gasteiger partial charge in [0.05, 0.1) is 29.1 Å². The Kier molecular flexibility index (Phi) is 4.49. The molecule has 8 heteroatoms. The second-order valence-corrected chi connectivity index (χ2v) is 7.19. The van der Waals surface area contributed by atoms with Crippen LogP contribution in [0.4, 0.5) is 0 Å². The summed E-state index contributed by atoms with van der Waals surface area (Å²) in [5, 5.41) is 14.3. The molecule has 0 saturated carbocycles. The molecule has 3 rings (SSSR count). The molecule has 1 aliphatic heterocycles. The van der Waals surface area contributed by atoms with Crippen molar-refractivity contribution in [3.63, 3.8) is 0 Å². The van der Waals surface area contributed by atoms with E-state index in [0.717, 1.165) is 22.5 Å². The van der Waals surface area contributed by atoms with Crippen LogP contribution in [0.5, 0.6) is 0 Å². The summed E-state index contributed by atoms with van der Waals surface area (Å²) in [5.74, 6) is 0.459. The molecule has 1 amide bonds. The van der Waals surface area contributed by atoms with Crippen molar-refractivity contribution in [2.24, 2.45) is 7.05 Å². The van der Waals surface area contributed by atoms with Crippen LogP contribution in [0.2, 0.25) is 0 Å². The number of nitrogens with zero attached hydrogens (tertiary/aromatic N) is 4. The molecule has 2 aromatic heterocycles. The molecule has 7 nitrogen and oxygen atoms in total. The third-order valence-corrected chi connectivity index (χ3v) is 5.32. The molecule has 1 fully saturated rings. The first-order chi connectivity index (χ1) is 11.4. The monoisotopic (exact) mass is 348 g/mol. The molecule has 1 N–H and O–H groups in total. The van der Waals surface area contributed by atoms with Crippen LogP contribution in [0.1, 0.15) is 28.2 Å². The number of fused-ring (bicyclic) bond motifs is 1. The largest absolute Gasteiger partial charge is 0.481 e. The van der Waals surface area contributed by atoms with Gasteiger partial charge in [0.2, 0.25) is 0 Å². The zero-order valence-corrected chi connectivity index (χ0v) is 14.8. The third-order valence-electron chi connectivity index (χ3n) is 4.23. The van der Waals surface area contributed by atoms with Crippen molar-refractivity contribution in [2.45, 2.75) is 26.3 Å². The fourth-order valence-corrected chi connectivity index (χ4v) is 4.25. The van der Waals surface area contributed by atoms with Crippen molar-refractivity contribution in [1.29, 1.82) is 0 Å². The molecule has 0 radical (unpaired) electrons. The molecule has 1 atom stereocenters. The smallest absolute Gasteiger partial charge is 0.305 e. The van der Waals surface area contributed by atoms with Gasteiger partial charge in [-0.05, 0) is 19.9 Å². The standard InChI is InChI=1S/C16H20N4O3S/c1-9-6-12(14-10(2)18-19(3)15(14)17-9)16(23)20-4-5-24-8-11(20)7-13(21)22/h6,11H,4-5,7-8H2,1-3H3,(H,21,22). The van der Waals surface area contributed by atoms with Crippen LogP contribution in [-0.2, 0) is 11.8 Å². The average Bonchev–Trinajstić information content (AvgIpc) is 2.80. The minimum atomic E-state index is -0.881. The lowest BCUT2D eigenvalue weighted by atomic mass is 10.1. The molecular weight excluding hydrogens is 328 g/mol. The minimum Gasteiger partial charge on any atom is -0.481 e. The molecule has 3 heterocycles. The lowest BCUT2D eigenvalue weighted by Crippen LogP contribution is -2.47. The van der Waals surface area contributed by atoms with Crippen molar-refractivity contribution in [2.75, 3.05) is 18.1 Å². The van der Waals surface area contributed by atoms with E-state index in [9.17, 15) is 9.59 Å². The molecule has 1 unspecified atom stereocenters. The summed E-state index contributed by atoms with van der Waals surface area (Å²) in [6.45, 7) is 4.26. The molecule has 0 aromatic carbocycles. The number of hydrogen-bond donors (Lipinski definition) is 1. The van der Waals surface area contributed by atoms with Gasteiger partial charge in [0.1, 0.15) is 0 Å². The first-order valence-corrected chi connectivity index (χ1v) is 8.95. The zero-order chi connectivity index (χ0) is 17.4. The lowest BCUT2D eigenvalue weighted by molar-refractivity contribution is -0.138. The van der Waals surface area contributed by atoms with Crippen LogP contribution in [0.3, 0.4) is 0 Å². The fraction of sp³-hybridized carbons (Fsp3) is 0.500. The Morgan fingerprint density at radius 3 is 2.88 bits per heavy atom. The van der Waals surface area contributed by atoms with Crippen molar-refractivity contribution >= 4 is 34.7 Å². The van der Waals surface area contributed by atoms with E-state index < -0.39 is 5.97 Å². The topological polar surface area (TPSA) is 88.3 Å². The quantitative estimate of drug-likeness (QED) is 0.907. The number of thioether (sulfide) groups is 1. The Labute approximate surface area is 144 Å². The van der Waals surface area contributed by atoms with Crippen LogP contribution in [0, 0.1) is 13.8 Å². The summed E-state index contributed by atoms with van der Waals surface area (Å²) in [7, 11) is 1.81. The zero-order valence-electron chi connectivity index (χ0n) is 13.9. The molecule has 1 aliphatic rings. The Bertz CT molecular complexity index is 817. The number of carboxylic acid groups (broad SMARTS) is 1. The number of amides is 1. The molecule has 2 aromatic rings. The molecule has 128 valence electrons. The van der Waals surface area contributed by atoms with E-state index >= 15 is 0 Å². The van der Waals surface area contributed by atoms with Gasteiger partial charge in [-0.3, -0.25) is 14.3 Å². The SMILES string of the molecule is Cc1cc(C(=O)N2CCSCC2CC(=O)O)c2c(C)nn(C)c2n1. The summed E-state index contributed by atoms with van der Waals surface area (Å²) in [6.07, 6.45) is -0.0298. The third kappa shape index (κ3) is 2.98. The number of hydrogen-bond acceptors (Lipinski definition) is 5. The number of pyridine rings is 1. The van der Waals surface area contributed by atoms with Crippen molar-refractivity contribution < 1.29 is 14.7 Å². The number of rotatable bonds is 3. The van der Waals surface area contributed by atoms with Crippen LogP contribution in [0.15, 0.2) is 6.07 Å². The van der Waals surface area contributed by atoms with Gasteiger partial charge in [0, 0.05) is 30.8 Å². The summed E-state index contributed by atoms with van der Waals surface area (Å²) in [4.78, 5) is 30.5. The van der Waals surface area contributed by atoms with Gasteiger partial charge >= 0.3 is 5.97 Å². The van der Waals surface area contributed by atoms with Gasteiger partial charge < -0.3 is 10.0 Å². The molecular formula is C16H20N4O3S. The fourth-order valence-electron chi connectivity index (χ4n) is 3.19. The van der Waals surface area contributed by atoms with Gasteiger partial charge in [-0.15, -0.1) is 0 Å². The predicted molar refractivity (Wildman–Crippen MR) is 92.4 cm³/mol.